The Hall–Kier alpha value is -0.220. The van der Waals surface area contributed by atoms with E-state index in [0.717, 1.165) is 12.2 Å². The number of amides is 1. The molecule has 1 aliphatic carbocycles. The summed E-state index contributed by atoms with van der Waals surface area (Å²) < 4.78 is 0. The summed E-state index contributed by atoms with van der Waals surface area (Å²) >= 11 is 2.02. The number of rotatable bonds is 3. The zero-order valence-corrected chi connectivity index (χ0v) is 12.8. The number of nitrogens with zero attached hydrogens (tertiary/aromatic N) is 1. The van der Waals surface area contributed by atoms with E-state index in [2.05, 4.69) is 17.1 Å². The fourth-order valence-electron chi connectivity index (χ4n) is 3.95. The van der Waals surface area contributed by atoms with Crippen LogP contribution in [0.2, 0.25) is 0 Å². The number of carbonyl (C=O) groups excluding carboxylic acids is 1. The molecule has 3 fully saturated rings. The first-order chi connectivity index (χ1) is 9.31. The van der Waals surface area contributed by atoms with Gasteiger partial charge in [-0.1, -0.05) is 19.8 Å². The highest BCUT2D eigenvalue weighted by molar-refractivity contribution is 7.99. The van der Waals surface area contributed by atoms with Crippen LogP contribution in [0.25, 0.3) is 0 Å². The van der Waals surface area contributed by atoms with Gasteiger partial charge in [0, 0.05) is 11.8 Å². The van der Waals surface area contributed by atoms with Crippen LogP contribution in [0.5, 0.6) is 0 Å². The Morgan fingerprint density at radius 1 is 1.26 bits per heavy atom. The number of hydrogen-bond acceptors (Lipinski definition) is 3. The molecule has 2 saturated heterocycles. The topological polar surface area (TPSA) is 32.3 Å². The van der Waals surface area contributed by atoms with Crippen molar-refractivity contribution in [2.24, 2.45) is 5.92 Å². The summed E-state index contributed by atoms with van der Waals surface area (Å²) in [6, 6.07) is 0.568. The van der Waals surface area contributed by atoms with Crippen molar-refractivity contribution in [1.82, 2.24) is 10.2 Å². The molecular weight excluding hydrogens is 256 g/mol. The maximum atomic E-state index is 12.7. The molecule has 19 heavy (non-hydrogen) atoms. The van der Waals surface area contributed by atoms with Crippen LogP contribution in [-0.2, 0) is 4.79 Å². The van der Waals surface area contributed by atoms with Gasteiger partial charge in [0.25, 0.3) is 0 Å². The van der Waals surface area contributed by atoms with E-state index in [-0.39, 0.29) is 6.04 Å². The highest BCUT2D eigenvalue weighted by Crippen LogP contribution is 2.35. The van der Waals surface area contributed by atoms with Crippen LogP contribution in [0, 0.1) is 5.92 Å². The van der Waals surface area contributed by atoms with Crippen molar-refractivity contribution in [2.75, 3.05) is 11.5 Å². The minimum absolute atomic E-state index is 0.0810. The molecule has 0 radical (unpaired) electrons. The van der Waals surface area contributed by atoms with Crippen LogP contribution in [0.15, 0.2) is 0 Å². The second-order valence-corrected chi connectivity index (χ2v) is 7.38. The quantitative estimate of drug-likeness (QED) is 0.863. The summed E-state index contributed by atoms with van der Waals surface area (Å²) in [6.45, 7) is 2.13. The molecular formula is C15H26N2OS. The summed E-state index contributed by atoms with van der Waals surface area (Å²) in [6.07, 6.45) is 9.05. The third-order valence-corrected chi connectivity index (χ3v) is 6.21. The van der Waals surface area contributed by atoms with Gasteiger partial charge in [0.05, 0.1) is 12.2 Å². The summed E-state index contributed by atoms with van der Waals surface area (Å²) in [5.74, 6) is 3.50. The highest BCUT2D eigenvalue weighted by Gasteiger charge is 2.45. The van der Waals surface area contributed by atoms with Crippen LogP contribution in [0.3, 0.4) is 0 Å². The van der Waals surface area contributed by atoms with E-state index in [1.807, 2.05) is 11.8 Å². The van der Waals surface area contributed by atoms with E-state index in [9.17, 15) is 4.79 Å². The lowest BCUT2D eigenvalue weighted by Crippen LogP contribution is -2.49. The van der Waals surface area contributed by atoms with Gasteiger partial charge in [-0.15, -0.1) is 0 Å². The maximum Gasteiger partial charge on any atom is 0.241 e. The number of carbonyl (C=O) groups is 1. The second kappa shape index (κ2) is 6.04. The predicted octanol–water partition coefficient (Wildman–Crippen LogP) is 2.61. The SMILES string of the molecule is CCC1NC(C2CCCC2)N(C2CCCSC2)C1=O. The van der Waals surface area contributed by atoms with Gasteiger partial charge in [0.1, 0.15) is 0 Å². The summed E-state index contributed by atoms with van der Waals surface area (Å²) in [7, 11) is 0. The molecule has 0 bridgehead atoms. The van der Waals surface area contributed by atoms with E-state index in [1.165, 1.54) is 44.3 Å². The molecule has 1 N–H and O–H groups in total. The van der Waals surface area contributed by atoms with E-state index < -0.39 is 0 Å². The number of hydrogen-bond donors (Lipinski definition) is 1. The van der Waals surface area contributed by atoms with E-state index >= 15 is 0 Å². The lowest BCUT2D eigenvalue weighted by molar-refractivity contribution is -0.132. The first kappa shape index (κ1) is 13.7. The molecule has 0 aromatic rings. The largest absolute Gasteiger partial charge is 0.322 e. The van der Waals surface area contributed by atoms with Gasteiger partial charge in [-0.3, -0.25) is 10.1 Å². The zero-order valence-electron chi connectivity index (χ0n) is 11.9. The van der Waals surface area contributed by atoms with E-state index in [1.54, 1.807) is 0 Å². The zero-order chi connectivity index (χ0) is 13.2. The fraction of sp³-hybridized carbons (Fsp3) is 0.933. The molecule has 2 heterocycles. The molecule has 3 rings (SSSR count). The molecule has 0 aromatic heterocycles. The van der Waals surface area contributed by atoms with Crippen molar-refractivity contribution in [1.29, 1.82) is 0 Å². The number of nitrogens with one attached hydrogen (secondary N) is 1. The van der Waals surface area contributed by atoms with Crippen molar-refractivity contribution in [2.45, 2.75) is 70.1 Å². The summed E-state index contributed by atoms with van der Waals surface area (Å²) in [5.41, 5.74) is 0. The van der Waals surface area contributed by atoms with Crippen molar-refractivity contribution in [3.05, 3.63) is 0 Å². The van der Waals surface area contributed by atoms with Gasteiger partial charge in [-0.25, -0.2) is 0 Å². The van der Waals surface area contributed by atoms with Crippen LogP contribution >= 0.6 is 11.8 Å². The Morgan fingerprint density at radius 2 is 2.05 bits per heavy atom. The van der Waals surface area contributed by atoms with Gasteiger partial charge in [-0.05, 0) is 43.8 Å². The molecule has 2 aliphatic heterocycles. The molecule has 3 unspecified atom stereocenters. The minimum atomic E-state index is 0.0810. The van der Waals surface area contributed by atoms with Crippen LogP contribution < -0.4 is 5.32 Å². The molecule has 1 amide bonds. The monoisotopic (exact) mass is 282 g/mol. The first-order valence-corrected chi connectivity index (χ1v) is 9.12. The Labute approximate surface area is 120 Å². The van der Waals surface area contributed by atoms with Crippen molar-refractivity contribution in [3.8, 4) is 0 Å². The lowest BCUT2D eigenvalue weighted by Gasteiger charge is -2.37. The Kier molecular flexibility index (Phi) is 4.37. The molecule has 0 spiro atoms. The molecule has 108 valence electrons. The Bertz CT molecular complexity index is 324. The Morgan fingerprint density at radius 3 is 2.68 bits per heavy atom. The van der Waals surface area contributed by atoms with Gasteiger partial charge < -0.3 is 4.90 Å². The standard InChI is InChI=1S/C15H26N2OS/c1-2-13-15(18)17(12-8-5-9-19-10-12)14(16-13)11-6-3-4-7-11/h11-14,16H,2-10H2,1H3. The van der Waals surface area contributed by atoms with Crippen LogP contribution in [0.4, 0.5) is 0 Å². The third-order valence-electron chi connectivity index (χ3n) is 5.01. The normalized spacial score (nSPS) is 37.2. The fourth-order valence-corrected chi connectivity index (χ4v) is 5.09. The molecule has 3 aliphatic rings. The number of thioether (sulfide) groups is 1. The van der Waals surface area contributed by atoms with Crippen molar-refractivity contribution < 1.29 is 4.79 Å². The summed E-state index contributed by atoms with van der Waals surface area (Å²) in [5, 5.41) is 3.65. The van der Waals surface area contributed by atoms with Crippen LogP contribution in [-0.4, -0.2) is 40.6 Å². The maximum absolute atomic E-state index is 12.7. The summed E-state index contributed by atoms with van der Waals surface area (Å²) in [4.78, 5) is 14.9. The Balaban J connectivity index is 1.76. The van der Waals surface area contributed by atoms with Gasteiger partial charge in [0.15, 0.2) is 0 Å². The molecule has 3 nitrogen and oxygen atoms in total. The van der Waals surface area contributed by atoms with Crippen molar-refractivity contribution >= 4 is 17.7 Å². The first-order valence-electron chi connectivity index (χ1n) is 7.97. The predicted molar refractivity (Wildman–Crippen MR) is 80.2 cm³/mol. The van der Waals surface area contributed by atoms with E-state index in [0.29, 0.717) is 24.0 Å². The molecule has 0 aromatic carbocycles. The third kappa shape index (κ3) is 2.66. The average Bonchev–Trinajstić information content (AvgIpc) is 3.07. The highest BCUT2D eigenvalue weighted by atomic mass is 32.2. The van der Waals surface area contributed by atoms with Gasteiger partial charge >= 0.3 is 0 Å². The smallest absolute Gasteiger partial charge is 0.241 e. The van der Waals surface area contributed by atoms with Gasteiger partial charge in [-0.2, -0.15) is 11.8 Å². The molecule has 3 atom stereocenters. The van der Waals surface area contributed by atoms with Crippen LogP contribution in [0.1, 0.15) is 51.9 Å². The lowest BCUT2D eigenvalue weighted by atomic mass is 10.0. The second-order valence-electron chi connectivity index (χ2n) is 6.23. The van der Waals surface area contributed by atoms with Crippen molar-refractivity contribution in [3.63, 3.8) is 0 Å². The molecule has 1 saturated carbocycles. The molecule has 4 heteroatoms. The average molecular weight is 282 g/mol. The minimum Gasteiger partial charge on any atom is -0.322 e. The van der Waals surface area contributed by atoms with Gasteiger partial charge in [0.2, 0.25) is 5.91 Å². The van der Waals surface area contributed by atoms with E-state index in [4.69, 9.17) is 0 Å².